The van der Waals surface area contributed by atoms with Crippen LogP contribution < -0.4 is 0 Å². The van der Waals surface area contributed by atoms with Gasteiger partial charge in [-0.2, -0.15) is 5.26 Å². The van der Waals surface area contributed by atoms with E-state index in [1.54, 1.807) is 0 Å². The Morgan fingerprint density at radius 3 is 2.61 bits per heavy atom. The molecule has 102 valence electrons. The van der Waals surface area contributed by atoms with Gasteiger partial charge in [0.25, 0.3) is 0 Å². The third kappa shape index (κ3) is 5.50. The molecule has 0 amide bonds. The molecule has 0 unspecified atom stereocenters. The number of rotatable bonds is 6. The summed E-state index contributed by atoms with van der Waals surface area (Å²) in [6.07, 6.45) is 6.93. The van der Waals surface area contributed by atoms with Crippen molar-refractivity contribution in [3.8, 4) is 6.07 Å². The van der Waals surface area contributed by atoms with Gasteiger partial charge in [-0.1, -0.05) is 5.16 Å². The van der Waals surface area contributed by atoms with Gasteiger partial charge in [0, 0.05) is 6.61 Å². The fraction of sp³-hybridized carbons (Fsp3) is 0.857. The summed E-state index contributed by atoms with van der Waals surface area (Å²) < 4.78 is 5.80. The monoisotopic (exact) mass is 252 g/mol. The number of hydrogen-bond donors (Lipinski definition) is 1. The predicted octanol–water partition coefficient (Wildman–Crippen LogP) is 3.50. The molecule has 4 heteroatoms. The lowest BCUT2D eigenvalue weighted by atomic mass is 9.89. The Bertz CT molecular complexity index is 308. The number of ether oxygens (including phenoxy) is 1. The molecule has 1 rings (SSSR count). The fourth-order valence-electron chi connectivity index (χ4n) is 2.17. The molecule has 4 nitrogen and oxygen atoms in total. The number of oxime groups is 1. The zero-order valence-corrected chi connectivity index (χ0v) is 11.5. The van der Waals surface area contributed by atoms with E-state index < -0.39 is 0 Å². The van der Waals surface area contributed by atoms with Crippen LogP contribution in [0.5, 0.6) is 0 Å². The molecule has 0 aromatic rings. The van der Waals surface area contributed by atoms with Gasteiger partial charge in [-0.25, -0.2) is 0 Å². The lowest BCUT2D eigenvalue weighted by Crippen LogP contribution is -2.22. The number of nitrogens with zero attached hydrogens (tertiary/aromatic N) is 2. The smallest absolute Gasteiger partial charge is 0.0683 e. The van der Waals surface area contributed by atoms with Crippen LogP contribution in [0.15, 0.2) is 5.16 Å². The fourth-order valence-corrected chi connectivity index (χ4v) is 2.17. The van der Waals surface area contributed by atoms with E-state index in [-0.39, 0.29) is 5.41 Å². The van der Waals surface area contributed by atoms with Crippen molar-refractivity contribution in [1.29, 1.82) is 5.26 Å². The highest BCUT2D eigenvalue weighted by molar-refractivity contribution is 5.84. The summed E-state index contributed by atoms with van der Waals surface area (Å²) in [5, 5.41) is 20.8. The van der Waals surface area contributed by atoms with Gasteiger partial charge in [0.15, 0.2) is 0 Å². The third-order valence-corrected chi connectivity index (χ3v) is 3.50. The van der Waals surface area contributed by atoms with E-state index in [1.807, 2.05) is 13.8 Å². The van der Waals surface area contributed by atoms with Crippen LogP contribution in [0.2, 0.25) is 0 Å². The maximum Gasteiger partial charge on any atom is 0.0683 e. The van der Waals surface area contributed by atoms with Crippen LogP contribution in [0.25, 0.3) is 0 Å². The van der Waals surface area contributed by atoms with Crippen LogP contribution in [-0.4, -0.2) is 23.6 Å². The molecule has 0 aromatic carbocycles. The summed E-state index contributed by atoms with van der Waals surface area (Å²) in [5.41, 5.74) is 0.683. The average Bonchev–Trinajstić information content (AvgIpc) is 2.39. The molecule has 1 aliphatic carbocycles. The summed E-state index contributed by atoms with van der Waals surface area (Å²) in [7, 11) is 0. The summed E-state index contributed by atoms with van der Waals surface area (Å²) >= 11 is 0. The van der Waals surface area contributed by atoms with E-state index in [0.717, 1.165) is 57.3 Å². The number of unbranched alkanes of at least 4 members (excludes halogenated alkanes) is 1. The first-order chi connectivity index (χ1) is 8.57. The first-order valence-electron chi connectivity index (χ1n) is 6.80. The second-order valence-electron chi connectivity index (χ2n) is 5.69. The normalized spacial score (nSPS) is 20.5. The van der Waals surface area contributed by atoms with E-state index >= 15 is 0 Å². The van der Waals surface area contributed by atoms with Crippen molar-refractivity contribution in [2.45, 2.75) is 64.9 Å². The van der Waals surface area contributed by atoms with Crippen LogP contribution in [-0.2, 0) is 4.74 Å². The van der Waals surface area contributed by atoms with Gasteiger partial charge in [-0.15, -0.1) is 0 Å². The molecule has 0 saturated heterocycles. The molecule has 0 atom stereocenters. The third-order valence-electron chi connectivity index (χ3n) is 3.50. The molecular formula is C14H24N2O2. The van der Waals surface area contributed by atoms with Crippen molar-refractivity contribution in [2.24, 2.45) is 10.6 Å². The van der Waals surface area contributed by atoms with Crippen molar-refractivity contribution in [1.82, 2.24) is 0 Å². The Morgan fingerprint density at radius 1 is 1.39 bits per heavy atom. The van der Waals surface area contributed by atoms with Crippen molar-refractivity contribution < 1.29 is 9.94 Å². The standard InChI is InChI=1S/C14H24N2O2/c1-14(2,11-15)9-3-4-10-18-13-7-5-12(16-17)6-8-13/h13,17H,3-10H2,1-2H3. The molecule has 1 aliphatic rings. The van der Waals surface area contributed by atoms with E-state index in [1.165, 1.54) is 0 Å². The molecule has 0 aliphatic heterocycles. The Morgan fingerprint density at radius 2 is 2.06 bits per heavy atom. The molecule has 0 radical (unpaired) electrons. The van der Waals surface area contributed by atoms with Gasteiger partial charge in [-0.3, -0.25) is 0 Å². The quantitative estimate of drug-likeness (QED) is 0.447. The Hall–Kier alpha value is -1.08. The van der Waals surface area contributed by atoms with Gasteiger partial charge >= 0.3 is 0 Å². The summed E-state index contributed by atoms with van der Waals surface area (Å²) in [6.45, 7) is 4.73. The maximum absolute atomic E-state index is 8.89. The van der Waals surface area contributed by atoms with E-state index in [2.05, 4.69) is 11.2 Å². The summed E-state index contributed by atoms with van der Waals surface area (Å²) in [5.74, 6) is 0. The largest absolute Gasteiger partial charge is 0.411 e. The minimum absolute atomic E-state index is 0.211. The predicted molar refractivity (Wildman–Crippen MR) is 70.7 cm³/mol. The average molecular weight is 252 g/mol. The number of hydrogen-bond acceptors (Lipinski definition) is 4. The van der Waals surface area contributed by atoms with Gasteiger partial charge in [0.2, 0.25) is 0 Å². The Labute approximate surface area is 110 Å². The SMILES string of the molecule is CC(C)(C#N)CCCCOC1CCC(=NO)CC1. The topological polar surface area (TPSA) is 65.6 Å². The highest BCUT2D eigenvalue weighted by Gasteiger charge is 2.19. The van der Waals surface area contributed by atoms with Crippen LogP contribution >= 0.6 is 0 Å². The first-order valence-corrected chi connectivity index (χ1v) is 6.80. The van der Waals surface area contributed by atoms with Crippen LogP contribution in [0.3, 0.4) is 0 Å². The second-order valence-corrected chi connectivity index (χ2v) is 5.69. The van der Waals surface area contributed by atoms with E-state index in [9.17, 15) is 0 Å². The molecule has 0 bridgehead atoms. The molecule has 18 heavy (non-hydrogen) atoms. The Kier molecular flexibility index (Phi) is 6.14. The van der Waals surface area contributed by atoms with Gasteiger partial charge in [-0.05, 0) is 58.8 Å². The lowest BCUT2D eigenvalue weighted by molar-refractivity contribution is 0.0368. The lowest BCUT2D eigenvalue weighted by Gasteiger charge is -2.23. The van der Waals surface area contributed by atoms with Crippen molar-refractivity contribution in [2.75, 3.05) is 6.61 Å². The Balaban J connectivity index is 2.04. The number of nitriles is 1. The molecule has 0 aromatic heterocycles. The zero-order chi connectivity index (χ0) is 13.4. The minimum Gasteiger partial charge on any atom is -0.411 e. The van der Waals surface area contributed by atoms with Crippen LogP contribution in [0, 0.1) is 16.7 Å². The van der Waals surface area contributed by atoms with Crippen molar-refractivity contribution in [3.63, 3.8) is 0 Å². The molecule has 1 fully saturated rings. The van der Waals surface area contributed by atoms with E-state index in [4.69, 9.17) is 15.2 Å². The summed E-state index contributed by atoms with van der Waals surface area (Å²) in [6, 6.07) is 2.32. The highest BCUT2D eigenvalue weighted by atomic mass is 16.5. The van der Waals surface area contributed by atoms with E-state index in [0.29, 0.717) is 6.10 Å². The van der Waals surface area contributed by atoms with Crippen molar-refractivity contribution in [3.05, 3.63) is 0 Å². The summed E-state index contributed by atoms with van der Waals surface area (Å²) in [4.78, 5) is 0. The molecule has 0 spiro atoms. The first kappa shape index (κ1) is 15.0. The van der Waals surface area contributed by atoms with Gasteiger partial charge in [0.05, 0.1) is 23.3 Å². The highest BCUT2D eigenvalue weighted by Crippen LogP contribution is 2.22. The van der Waals surface area contributed by atoms with Crippen LogP contribution in [0.1, 0.15) is 58.8 Å². The second kappa shape index (κ2) is 7.38. The molecule has 1 saturated carbocycles. The van der Waals surface area contributed by atoms with Crippen molar-refractivity contribution >= 4 is 5.71 Å². The van der Waals surface area contributed by atoms with Gasteiger partial charge in [0.1, 0.15) is 0 Å². The molecule has 1 N–H and O–H groups in total. The van der Waals surface area contributed by atoms with Gasteiger partial charge < -0.3 is 9.94 Å². The zero-order valence-electron chi connectivity index (χ0n) is 11.5. The minimum atomic E-state index is -0.211. The molecule has 0 heterocycles. The molecular weight excluding hydrogens is 228 g/mol. The maximum atomic E-state index is 8.89. The van der Waals surface area contributed by atoms with Crippen LogP contribution in [0.4, 0.5) is 0 Å².